The van der Waals surface area contributed by atoms with Gasteiger partial charge >= 0.3 is 11.9 Å². The van der Waals surface area contributed by atoms with Crippen LogP contribution in [0.1, 0.15) is 112 Å². The molecule has 0 radical (unpaired) electrons. The van der Waals surface area contributed by atoms with E-state index in [9.17, 15) is 9.59 Å². The molecule has 196 valence electrons. The summed E-state index contributed by atoms with van der Waals surface area (Å²) < 4.78 is 10.8. The Morgan fingerprint density at radius 3 is 1.92 bits per heavy atom. The van der Waals surface area contributed by atoms with Crippen LogP contribution in [0.15, 0.2) is 54.6 Å². The Morgan fingerprint density at radius 1 is 0.694 bits per heavy atom. The standard InChI is InChI=1S/C32H44O4/c1-3-5-7-8-9-10-11-12-14-26-35-32(34)29-21-16-28(17-22-29)20-25-31(33)36-30-23-18-27(19-24-30)15-13-6-4-2/h16-25H,3-15,26H2,1-2H3/b25-20+. The molecule has 0 aromatic heterocycles. The Morgan fingerprint density at radius 2 is 1.28 bits per heavy atom. The van der Waals surface area contributed by atoms with Crippen LogP contribution in [0.2, 0.25) is 0 Å². The monoisotopic (exact) mass is 492 g/mol. The summed E-state index contributed by atoms with van der Waals surface area (Å²) in [5.41, 5.74) is 2.59. The molecule has 0 aliphatic heterocycles. The molecule has 0 spiro atoms. The van der Waals surface area contributed by atoms with E-state index in [1.165, 1.54) is 75.8 Å². The molecule has 0 unspecified atom stereocenters. The van der Waals surface area contributed by atoms with Crippen molar-refractivity contribution >= 4 is 18.0 Å². The molecule has 4 heteroatoms. The van der Waals surface area contributed by atoms with Crippen LogP contribution in [0.5, 0.6) is 5.75 Å². The molecule has 0 amide bonds. The molecule has 0 heterocycles. The van der Waals surface area contributed by atoms with Gasteiger partial charge in [-0.2, -0.15) is 0 Å². The zero-order chi connectivity index (χ0) is 25.8. The van der Waals surface area contributed by atoms with Crippen LogP contribution in [0, 0.1) is 0 Å². The van der Waals surface area contributed by atoms with Gasteiger partial charge in [-0.05, 0) is 60.7 Å². The Balaban J connectivity index is 1.65. The maximum absolute atomic E-state index is 12.2. The highest BCUT2D eigenvalue weighted by atomic mass is 16.5. The fourth-order valence-electron chi connectivity index (χ4n) is 4.01. The van der Waals surface area contributed by atoms with Crippen LogP contribution in [0.3, 0.4) is 0 Å². The van der Waals surface area contributed by atoms with Gasteiger partial charge in [-0.1, -0.05) is 102 Å². The van der Waals surface area contributed by atoms with Crippen LogP contribution < -0.4 is 4.74 Å². The van der Waals surface area contributed by atoms with Crippen LogP contribution in [0.4, 0.5) is 0 Å². The second-order valence-corrected chi connectivity index (χ2v) is 9.44. The summed E-state index contributed by atoms with van der Waals surface area (Å²) in [4.78, 5) is 24.4. The van der Waals surface area contributed by atoms with Crippen molar-refractivity contribution in [3.05, 3.63) is 71.3 Å². The maximum atomic E-state index is 12.2. The van der Waals surface area contributed by atoms with Crippen molar-refractivity contribution in [3.8, 4) is 5.75 Å². The van der Waals surface area contributed by atoms with Gasteiger partial charge in [0.15, 0.2) is 0 Å². The molecule has 0 saturated carbocycles. The van der Waals surface area contributed by atoms with E-state index in [-0.39, 0.29) is 5.97 Å². The lowest BCUT2D eigenvalue weighted by atomic mass is 10.1. The minimum atomic E-state index is -0.432. The Hall–Kier alpha value is -2.88. The number of unbranched alkanes of at least 4 members (excludes halogenated alkanes) is 10. The third-order valence-electron chi connectivity index (χ3n) is 6.25. The molecule has 0 saturated heterocycles. The summed E-state index contributed by atoms with van der Waals surface area (Å²) in [6.07, 6.45) is 18.8. The molecular weight excluding hydrogens is 448 g/mol. The zero-order valence-corrected chi connectivity index (χ0v) is 22.3. The summed E-state index contributed by atoms with van der Waals surface area (Å²) in [5, 5.41) is 0. The number of hydrogen-bond acceptors (Lipinski definition) is 4. The molecular formula is C32H44O4. The minimum absolute atomic E-state index is 0.303. The van der Waals surface area contributed by atoms with E-state index >= 15 is 0 Å². The topological polar surface area (TPSA) is 52.6 Å². The van der Waals surface area contributed by atoms with Gasteiger partial charge in [0.2, 0.25) is 0 Å². The van der Waals surface area contributed by atoms with Crippen LogP contribution in [-0.2, 0) is 16.0 Å². The molecule has 2 rings (SSSR count). The van der Waals surface area contributed by atoms with Crippen molar-refractivity contribution in [2.24, 2.45) is 0 Å². The van der Waals surface area contributed by atoms with Gasteiger partial charge in [0, 0.05) is 6.08 Å². The average Bonchev–Trinajstić information content (AvgIpc) is 2.90. The number of esters is 2. The second kappa shape index (κ2) is 18.4. The van der Waals surface area contributed by atoms with E-state index in [0.29, 0.717) is 17.9 Å². The molecule has 36 heavy (non-hydrogen) atoms. The molecule has 0 bridgehead atoms. The van der Waals surface area contributed by atoms with Crippen molar-refractivity contribution in [2.75, 3.05) is 6.61 Å². The first-order chi connectivity index (χ1) is 17.6. The highest BCUT2D eigenvalue weighted by molar-refractivity contribution is 5.91. The SMILES string of the molecule is CCCCCCCCCCCOC(=O)c1ccc(/C=C/C(=O)Oc2ccc(CCCCC)cc2)cc1. The van der Waals surface area contributed by atoms with Gasteiger partial charge in [0.05, 0.1) is 12.2 Å². The highest BCUT2D eigenvalue weighted by Gasteiger charge is 2.07. The third-order valence-corrected chi connectivity index (χ3v) is 6.25. The van der Waals surface area contributed by atoms with Crippen LogP contribution in [0.25, 0.3) is 6.08 Å². The lowest BCUT2D eigenvalue weighted by Crippen LogP contribution is -2.06. The van der Waals surface area contributed by atoms with Crippen molar-refractivity contribution in [1.82, 2.24) is 0 Å². The van der Waals surface area contributed by atoms with Crippen LogP contribution >= 0.6 is 0 Å². The van der Waals surface area contributed by atoms with Crippen molar-refractivity contribution in [1.29, 1.82) is 0 Å². The Kier molecular flexibility index (Phi) is 15.0. The van der Waals surface area contributed by atoms with Crippen molar-refractivity contribution in [2.45, 2.75) is 97.3 Å². The van der Waals surface area contributed by atoms with Gasteiger partial charge < -0.3 is 9.47 Å². The summed E-state index contributed by atoms with van der Waals surface area (Å²) in [6, 6.07) is 14.7. The quantitative estimate of drug-likeness (QED) is 0.0903. The fourth-order valence-corrected chi connectivity index (χ4v) is 4.01. The van der Waals surface area contributed by atoms with E-state index in [1.54, 1.807) is 30.3 Å². The Labute approximate surface area is 218 Å². The minimum Gasteiger partial charge on any atom is -0.462 e. The lowest BCUT2D eigenvalue weighted by Gasteiger charge is -2.06. The summed E-state index contributed by atoms with van der Waals surface area (Å²) >= 11 is 0. The van der Waals surface area contributed by atoms with Gasteiger partial charge in [0.25, 0.3) is 0 Å². The van der Waals surface area contributed by atoms with E-state index in [0.717, 1.165) is 24.8 Å². The summed E-state index contributed by atoms with van der Waals surface area (Å²) in [6.45, 7) is 4.89. The first-order valence-electron chi connectivity index (χ1n) is 13.9. The smallest absolute Gasteiger partial charge is 0.338 e. The number of carbonyl (C=O) groups is 2. The first kappa shape index (κ1) is 29.4. The number of rotatable bonds is 18. The van der Waals surface area contributed by atoms with Crippen molar-refractivity contribution < 1.29 is 19.1 Å². The van der Waals surface area contributed by atoms with Gasteiger partial charge in [0.1, 0.15) is 5.75 Å². The molecule has 0 aliphatic rings. The molecule has 2 aromatic rings. The van der Waals surface area contributed by atoms with Gasteiger partial charge in [-0.3, -0.25) is 0 Å². The largest absolute Gasteiger partial charge is 0.462 e. The van der Waals surface area contributed by atoms with E-state index in [4.69, 9.17) is 9.47 Å². The third kappa shape index (κ3) is 12.7. The van der Waals surface area contributed by atoms with E-state index in [2.05, 4.69) is 13.8 Å². The first-order valence-corrected chi connectivity index (χ1v) is 13.9. The molecule has 4 nitrogen and oxygen atoms in total. The normalized spacial score (nSPS) is 11.1. The van der Waals surface area contributed by atoms with E-state index < -0.39 is 5.97 Å². The molecule has 0 aliphatic carbocycles. The van der Waals surface area contributed by atoms with Gasteiger partial charge in [-0.25, -0.2) is 9.59 Å². The summed E-state index contributed by atoms with van der Waals surface area (Å²) in [7, 11) is 0. The predicted octanol–water partition coefficient (Wildman–Crippen LogP) is 8.73. The van der Waals surface area contributed by atoms with Crippen molar-refractivity contribution in [3.63, 3.8) is 0 Å². The molecule has 2 aromatic carbocycles. The molecule has 0 fully saturated rings. The highest BCUT2D eigenvalue weighted by Crippen LogP contribution is 2.15. The predicted molar refractivity (Wildman–Crippen MR) is 148 cm³/mol. The zero-order valence-electron chi connectivity index (χ0n) is 22.3. The maximum Gasteiger partial charge on any atom is 0.338 e. The number of benzene rings is 2. The number of ether oxygens (including phenoxy) is 2. The Bertz CT molecular complexity index is 897. The number of hydrogen-bond donors (Lipinski definition) is 0. The molecule has 0 atom stereocenters. The lowest BCUT2D eigenvalue weighted by molar-refractivity contribution is -0.128. The van der Waals surface area contributed by atoms with E-state index in [1.807, 2.05) is 24.3 Å². The second-order valence-electron chi connectivity index (χ2n) is 9.44. The van der Waals surface area contributed by atoms with Gasteiger partial charge in [-0.15, -0.1) is 0 Å². The summed E-state index contributed by atoms with van der Waals surface area (Å²) in [5.74, 6) is -0.199. The average molecular weight is 493 g/mol. The molecule has 0 N–H and O–H groups in total. The number of aryl methyl sites for hydroxylation is 1. The number of carbonyl (C=O) groups excluding carboxylic acids is 2. The fraction of sp³-hybridized carbons (Fsp3) is 0.500. The van der Waals surface area contributed by atoms with Crippen LogP contribution in [-0.4, -0.2) is 18.5 Å².